The Morgan fingerprint density at radius 3 is 2.50 bits per heavy atom. The molecule has 0 saturated heterocycles. The SMILES string of the molecule is CCC(C)CCN(CC)CC=O. The van der Waals surface area contributed by atoms with Gasteiger partial charge >= 0.3 is 0 Å². The first-order valence-electron chi connectivity index (χ1n) is 4.90. The quantitative estimate of drug-likeness (QED) is 0.546. The Morgan fingerprint density at radius 1 is 1.42 bits per heavy atom. The van der Waals surface area contributed by atoms with Crippen molar-refractivity contribution in [2.75, 3.05) is 19.6 Å². The predicted octanol–water partition coefficient (Wildman–Crippen LogP) is 1.94. The van der Waals surface area contributed by atoms with Gasteiger partial charge in [-0.1, -0.05) is 27.2 Å². The molecule has 0 aliphatic carbocycles. The van der Waals surface area contributed by atoms with Crippen molar-refractivity contribution in [1.29, 1.82) is 0 Å². The molecule has 0 bridgehead atoms. The Labute approximate surface area is 75.9 Å². The summed E-state index contributed by atoms with van der Waals surface area (Å²) in [4.78, 5) is 12.4. The van der Waals surface area contributed by atoms with Gasteiger partial charge in [-0.05, 0) is 25.4 Å². The highest BCUT2D eigenvalue weighted by Gasteiger charge is 2.03. The molecule has 72 valence electrons. The van der Waals surface area contributed by atoms with E-state index in [0.717, 1.165) is 25.3 Å². The van der Waals surface area contributed by atoms with E-state index in [4.69, 9.17) is 0 Å². The molecule has 0 aromatic rings. The molecule has 0 aromatic heterocycles. The maximum atomic E-state index is 10.2. The molecule has 0 heterocycles. The zero-order valence-electron chi connectivity index (χ0n) is 8.55. The third-order valence-electron chi connectivity index (χ3n) is 2.41. The summed E-state index contributed by atoms with van der Waals surface area (Å²) in [5.41, 5.74) is 0. The summed E-state index contributed by atoms with van der Waals surface area (Å²) in [7, 11) is 0. The second-order valence-corrected chi connectivity index (χ2v) is 3.36. The number of hydrogen-bond donors (Lipinski definition) is 0. The first-order chi connectivity index (χ1) is 5.74. The maximum Gasteiger partial charge on any atom is 0.133 e. The van der Waals surface area contributed by atoms with Crippen LogP contribution in [0.15, 0.2) is 0 Å². The van der Waals surface area contributed by atoms with Gasteiger partial charge in [-0.2, -0.15) is 0 Å². The Hall–Kier alpha value is -0.370. The lowest BCUT2D eigenvalue weighted by Crippen LogP contribution is -2.27. The smallest absolute Gasteiger partial charge is 0.133 e. The van der Waals surface area contributed by atoms with E-state index in [-0.39, 0.29) is 0 Å². The van der Waals surface area contributed by atoms with Crippen LogP contribution < -0.4 is 0 Å². The van der Waals surface area contributed by atoms with Crippen molar-refractivity contribution in [3.8, 4) is 0 Å². The molecule has 0 aliphatic heterocycles. The molecule has 0 aliphatic rings. The van der Waals surface area contributed by atoms with Crippen molar-refractivity contribution in [3.63, 3.8) is 0 Å². The van der Waals surface area contributed by atoms with E-state index in [0.29, 0.717) is 6.54 Å². The molecule has 12 heavy (non-hydrogen) atoms. The monoisotopic (exact) mass is 171 g/mol. The van der Waals surface area contributed by atoms with Crippen LogP contribution >= 0.6 is 0 Å². The molecule has 0 N–H and O–H groups in total. The van der Waals surface area contributed by atoms with E-state index in [1.165, 1.54) is 12.8 Å². The molecule has 2 nitrogen and oxygen atoms in total. The highest BCUT2D eigenvalue weighted by atomic mass is 16.1. The van der Waals surface area contributed by atoms with E-state index >= 15 is 0 Å². The summed E-state index contributed by atoms with van der Waals surface area (Å²) in [6, 6.07) is 0. The lowest BCUT2D eigenvalue weighted by Gasteiger charge is -2.18. The third-order valence-corrected chi connectivity index (χ3v) is 2.41. The van der Waals surface area contributed by atoms with Gasteiger partial charge in [0.25, 0.3) is 0 Å². The minimum absolute atomic E-state index is 0.590. The Morgan fingerprint density at radius 2 is 2.08 bits per heavy atom. The van der Waals surface area contributed by atoms with E-state index in [2.05, 4.69) is 25.7 Å². The van der Waals surface area contributed by atoms with E-state index in [1.54, 1.807) is 0 Å². The second kappa shape index (κ2) is 7.29. The number of nitrogens with zero attached hydrogens (tertiary/aromatic N) is 1. The van der Waals surface area contributed by atoms with Crippen LogP contribution in [-0.2, 0) is 4.79 Å². The molecule has 0 aromatic carbocycles. The summed E-state index contributed by atoms with van der Waals surface area (Å²) >= 11 is 0. The van der Waals surface area contributed by atoms with Crippen molar-refractivity contribution in [3.05, 3.63) is 0 Å². The van der Waals surface area contributed by atoms with Gasteiger partial charge in [-0.15, -0.1) is 0 Å². The summed E-state index contributed by atoms with van der Waals surface area (Å²) in [6.45, 7) is 9.20. The normalized spacial score (nSPS) is 13.3. The first-order valence-corrected chi connectivity index (χ1v) is 4.90. The Bertz CT molecular complexity index is 114. The van der Waals surface area contributed by atoms with Crippen molar-refractivity contribution >= 4 is 6.29 Å². The van der Waals surface area contributed by atoms with Crippen LogP contribution in [0.25, 0.3) is 0 Å². The third kappa shape index (κ3) is 5.30. The molecule has 0 saturated carbocycles. The molecular weight excluding hydrogens is 150 g/mol. The average Bonchev–Trinajstić information content (AvgIpc) is 2.11. The van der Waals surface area contributed by atoms with Crippen LogP contribution in [0.2, 0.25) is 0 Å². The van der Waals surface area contributed by atoms with Gasteiger partial charge in [-0.3, -0.25) is 4.90 Å². The number of likely N-dealkylation sites (N-methyl/N-ethyl adjacent to an activating group) is 1. The highest BCUT2D eigenvalue weighted by Crippen LogP contribution is 2.06. The molecule has 0 rings (SSSR count). The number of carbonyl (C=O) groups is 1. The van der Waals surface area contributed by atoms with Crippen molar-refractivity contribution < 1.29 is 4.79 Å². The Balaban J connectivity index is 3.49. The fourth-order valence-electron chi connectivity index (χ4n) is 1.09. The van der Waals surface area contributed by atoms with Gasteiger partial charge in [0.15, 0.2) is 0 Å². The number of aldehydes is 1. The lowest BCUT2D eigenvalue weighted by molar-refractivity contribution is -0.108. The molecular formula is C10H21NO. The summed E-state index contributed by atoms with van der Waals surface area (Å²) in [6.07, 6.45) is 3.43. The largest absolute Gasteiger partial charge is 0.302 e. The van der Waals surface area contributed by atoms with Crippen LogP contribution in [0.5, 0.6) is 0 Å². The lowest BCUT2D eigenvalue weighted by atomic mass is 10.1. The van der Waals surface area contributed by atoms with Gasteiger partial charge < -0.3 is 4.79 Å². The average molecular weight is 171 g/mol. The van der Waals surface area contributed by atoms with Crippen LogP contribution in [0.4, 0.5) is 0 Å². The summed E-state index contributed by atoms with van der Waals surface area (Å²) in [5, 5.41) is 0. The zero-order valence-corrected chi connectivity index (χ0v) is 8.55. The van der Waals surface area contributed by atoms with E-state index in [9.17, 15) is 4.79 Å². The van der Waals surface area contributed by atoms with Gasteiger partial charge in [0.05, 0.1) is 6.54 Å². The number of hydrogen-bond acceptors (Lipinski definition) is 2. The van der Waals surface area contributed by atoms with Gasteiger partial charge in [0.1, 0.15) is 6.29 Å². The first kappa shape index (κ1) is 11.6. The van der Waals surface area contributed by atoms with Gasteiger partial charge in [-0.25, -0.2) is 0 Å². The zero-order chi connectivity index (χ0) is 9.40. The van der Waals surface area contributed by atoms with Gasteiger partial charge in [0, 0.05) is 0 Å². The highest BCUT2D eigenvalue weighted by molar-refractivity contribution is 5.51. The molecule has 1 atom stereocenters. The van der Waals surface area contributed by atoms with Crippen LogP contribution in [0.3, 0.4) is 0 Å². The minimum atomic E-state index is 0.590. The molecule has 1 unspecified atom stereocenters. The molecule has 0 radical (unpaired) electrons. The van der Waals surface area contributed by atoms with Crippen molar-refractivity contribution in [2.24, 2.45) is 5.92 Å². The number of carbonyl (C=O) groups excluding carboxylic acids is 1. The van der Waals surface area contributed by atoms with Crippen molar-refractivity contribution in [2.45, 2.75) is 33.6 Å². The number of rotatable bonds is 7. The minimum Gasteiger partial charge on any atom is -0.302 e. The van der Waals surface area contributed by atoms with Crippen LogP contribution in [-0.4, -0.2) is 30.8 Å². The molecule has 0 fully saturated rings. The van der Waals surface area contributed by atoms with Gasteiger partial charge in [0.2, 0.25) is 0 Å². The Kier molecular flexibility index (Phi) is 7.06. The topological polar surface area (TPSA) is 20.3 Å². The summed E-state index contributed by atoms with van der Waals surface area (Å²) < 4.78 is 0. The van der Waals surface area contributed by atoms with Crippen molar-refractivity contribution in [1.82, 2.24) is 4.90 Å². The maximum absolute atomic E-state index is 10.2. The van der Waals surface area contributed by atoms with E-state index in [1.807, 2.05) is 0 Å². The standard InChI is InChI=1S/C10H21NO/c1-4-10(3)6-7-11(5-2)8-9-12/h9-10H,4-8H2,1-3H3. The molecule has 2 heteroatoms. The predicted molar refractivity (Wildman–Crippen MR) is 52.3 cm³/mol. The van der Waals surface area contributed by atoms with Crippen LogP contribution in [0, 0.1) is 5.92 Å². The van der Waals surface area contributed by atoms with E-state index < -0.39 is 0 Å². The second-order valence-electron chi connectivity index (χ2n) is 3.36. The van der Waals surface area contributed by atoms with Crippen LogP contribution in [0.1, 0.15) is 33.6 Å². The fourth-order valence-corrected chi connectivity index (χ4v) is 1.09. The fraction of sp³-hybridized carbons (Fsp3) is 0.900. The molecule has 0 amide bonds. The molecule has 0 spiro atoms. The summed E-state index contributed by atoms with van der Waals surface area (Å²) in [5.74, 6) is 0.783.